The Morgan fingerprint density at radius 2 is 0.592 bits per heavy atom. The number of carbonyl (C=O) groups excluding carboxylic acids is 4. The van der Waals surface area contributed by atoms with Gasteiger partial charge >= 0.3 is 12.3 Å². The van der Waals surface area contributed by atoms with Crippen molar-refractivity contribution in [3.63, 3.8) is 0 Å². The van der Waals surface area contributed by atoms with Crippen LogP contribution in [0.1, 0.15) is 0 Å². The van der Waals surface area contributed by atoms with E-state index in [1.165, 1.54) is 0 Å². The Labute approximate surface area is 274 Å². The van der Waals surface area contributed by atoms with Crippen molar-refractivity contribution in [2.24, 2.45) is 0 Å². The maximum atomic E-state index is 9.77. The second kappa shape index (κ2) is 23.4. The summed E-state index contributed by atoms with van der Waals surface area (Å²) in [6, 6.07) is 0. The van der Waals surface area contributed by atoms with E-state index in [2.05, 4.69) is 9.47 Å². The summed E-state index contributed by atoms with van der Waals surface area (Å²) in [5.41, 5.74) is 0. The van der Waals surface area contributed by atoms with E-state index in [0.717, 1.165) is 0 Å². The maximum Gasteiger partial charge on any atom is 0.373 e. The minimum atomic E-state index is -1.65. The molecule has 4 fully saturated rings. The van der Waals surface area contributed by atoms with Crippen molar-refractivity contribution in [3.8, 4) is 0 Å². The molecule has 0 radical (unpaired) electrons. The maximum absolute atomic E-state index is 9.77. The van der Waals surface area contributed by atoms with Gasteiger partial charge in [0.25, 0.3) is 0 Å². The molecule has 4 aliphatic rings. The molecule has 16 N–H and O–H groups in total. The molecule has 288 valence electrons. The third-order valence-electron chi connectivity index (χ3n) is 7.00. The number of hydrogen-bond donors (Lipinski definition) is 16. The van der Waals surface area contributed by atoms with Crippen molar-refractivity contribution < 1.29 is 125 Å². The molecule has 49 heavy (non-hydrogen) atoms. The minimum absolute atomic E-state index is 0.250. The molecule has 4 rings (SSSR count). The van der Waals surface area contributed by atoms with Gasteiger partial charge in [0.15, 0.2) is 25.2 Å². The summed E-state index contributed by atoms with van der Waals surface area (Å²) in [5.74, 6) is 0. The molecule has 4 saturated heterocycles. The Kier molecular flexibility index (Phi) is 22.4. The van der Waals surface area contributed by atoms with Crippen LogP contribution in [0.5, 0.6) is 0 Å². The molecule has 0 unspecified atom stereocenters. The first-order valence-electron chi connectivity index (χ1n) is 13.8. The lowest BCUT2D eigenvalue weighted by Crippen LogP contribution is -2.60. The van der Waals surface area contributed by atoms with E-state index in [-0.39, 0.29) is 12.3 Å². The van der Waals surface area contributed by atoms with Gasteiger partial charge in [0.1, 0.15) is 85.5 Å². The fourth-order valence-electron chi connectivity index (χ4n) is 4.25. The van der Waals surface area contributed by atoms with Crippen LogP contribution in [0.3, 0.4) is 0 Å². The predicted octanol–water partition coefficient (Wildman–Crippen LogP) is -11.7. The monoisotopic (exact) mass is 730 g/mol. The van der Waals surface area contributed by atoms with Crippen molar-refractivity contribution in [2.45, 2.75) is 111 Å². The quantitative estimate of drug-likeness (QED) is 0.121. The highest BCUT2D eigenvalue weighted by Crippen LogP contribution is 2.28. The Balaban J connectivity index is 0.000000698. The molecule has 0 saturated carbocycles. The lowest BCUT2D eigenvalue weighted by atomic mass is 9.99. The first kappa shape index (κ1) is 46.9. The van der Waals surface area contributed by atoms with Crippen molar-refractivity contribution in [1.82, 2.24) is 0 Å². The average molecular weight is 731 g/mol. The van der Waals surface area contributed by atoms with Crippen LogP contribution in [-0.4, -0.2) is 231 Å². The highest BCUT2D eigenvalue weighted by Gasteiger charge is 2.49. The highest BCUT2D eigenvalue weighted by molar-refractivity contribution is 5.20. The molecular formula is C24H42O25. The molecular weight excluding hydrogens is 688 g/mol. The second-order valence-electron chi connectivity index (χ2n) is 10.2. The van der Waals surface area contributed by atoms with E-state index in [9.17, 15) is 25.5 Å². The zero-order valence-corrected chi connectivity index (χ0v) is 25.1. The molecule has 0 aromatic carbocycles. The Morgan fingerprint density at radius 3 is 0.898 bits per heavy atom. The summed E-state index contributed by atoms with van der Waals surface area (Å²) in [4.78, 5) is 32.5. The van der Waals surface area contributed by atoms with Gasteiger partial charge < -0.3 is 105 Å². The molecule has 0 bridgehead atoms. The lowest BCUT2D eigenvalue weighted by Gasteiger charge is -2.40. The molecule has 4 aliphatic heterocycles. The summed E-state index contributed by atoms with van der Waals surface area (Å²) in [6.07, 6.45) is -24.1. The molecule has 18 atom stereocenters. The van der Waals surface area contributed by atoms with Crippen molar-refractivity contribution >= 4 is 12.3 Å². The smallest absolute Gasteiger partial charge is 0.373 e. The van der Waals surface area contributed by atoms with E-state index < -0.39 is 137 Å². The Morgan fingerprint density at radius 1 is 0.367 bits per heavy atom. The SMILES string of the molecule is O=C=O.O=C=O.OC[C@H]1O[C@@H](O)[C@@H](O)[C@@H]1O.OC[C@H]1O[C@H](O)[C@H](O)[C@@H](O)[C@@H]1O.OC[C@H]1O[C@H](O[C@@H]2O[C@H](CO)[C@@H](O)[C@@H]2O)[C@H](O)[C@@H](O)[C@@H]1O. The van der Waals surface area contributed by atoms with Crippen LogP contribution >= 0.6 is 0 Å². The first-order valence-corrected chi connectivity index (χ1v) is 13.8. The van der Waals surface area contributed by atoms with Gasteiger partial charge in [-0.15, -0.1) is 0 Å². The van der Waals surface area contributed by atoms with Crippen LogP contribution in [0.15, 0.2) is 0 Å². The highest BCUT2D eigenvalue weighted by atomic mass is 16.8. The number of ether oxygens (including phenoxy) is 5. The Hall–Kier alpha value is -2.08. The summed E-state index contributed by atoms with van der Waals surface area (Å²) in [5, 5.41) is 146. The number of rotatable bonds is 6. The molecule has 0 aromatic rings. The van der Waals surface area contributed by atoms with Gasteiger partial charge in [-0.25, -0.2) is 0 Å². The summed E-state index contributed by atoms with van der Waals surface area (Å²) >= 11 is 0. The van der Waals surface area contributed by atoms with Gasteiger partial charge in [-0.2, -0.15) is 19.2 Å². The van der Waals surface area contributed by atoms with Gasteiger partial charge in [-0.05, 0) is 0 Å². The summed E-state index contributed by atoms with van der Waals surface area (Å²) in [6.45, 7) is -2.11. The van der Waals surface area contributed by atoms with E-state index in [1.807, 2.05) is 0 Å². The second-order valence-corrected chi connectivity index (χ2v) is 10.2. The topological polar surface area (TPSA) is 438 Å². The van der Waals surface area contributed by atoms with Gasteiger partial charge in [0.05, 0.1) is 26.4 Å². The summed E-state index contributed by atoms with van der Waals surface area (Å²) < 4.78 is 24.4. The van der Waals surface area contributed by atoms with Gasteiger partial charge in [-0.1, -0.05) is 0 Å². The zero-order chi connectivity index (χ0) is 38.2. The van der Waals surface area contributed by atoms with Crippen LogP contribution in [-0.2, 0) is 42.9 Å². The average Bonchev–Trinajstić information content (AvgIpc) is 3.50. The fraction of sp³-hybridized carbons (Fsp3) is 0.917. The molecule has 4 heterocycles. The van der Waals surface area contributed by atoms with E-state index in [4.69, 9.17) is 89.6 Å². The van der Waals surface area contributed by atoms with Gasteiger partial charge in [0, 0.05) is 0 Å². The molecule has 25 heteroatoms. The van der Waals surface area contributed by atoms with Gasteiger partial charge in [-0.3, -0.25) is 0 Å². The van der Waals surface area contributed by atoms with Crippen molar-refractivity contribution in [2.75, 3.05) is 26.4 Å². The zero-order valence-electron chi connectivity index (χ0n) is 25.1. The van der Waals surface area contributed by atoms with Crippen LogP contribution < -0.4 is 0 Å². The standard InChI is InChI=1S/C11H20O10.C6H12O6.C5H10O5.2CO2/c12-1-3-5(14)7(16)9(18)11(19-3)21-10-8(17)6(15)4(2-13)20-10;7-1-2-3(8)4(9)5(10)6(11)12-2;6-1-2-3(7)4(8)5(9)10-2;2*2-1-3/h3-18H,1-2H2;2-11H,1H2;2-9H,1H2;;/t3-,4-,5-,6-,7+,8+,9-,10+,11-;2-,3-,4+,5-,6+;2-,3-,4+,5-;;/m111../s1. The van der Waals surface area contributed by atoms with Crippen molar-refractivity contribution in [1.29, 1.82) is 0 Å². The number of aliphatic hydroxyl groups is 16. The normalized spacial score (nSPS) is 44.2. The van der Waals surface area contributed by atoms with Crippen LogP contribution in [0.4, 0.5) is 0 Å². The number of hydrogen-bond acceptors (Lipinski definition) is 25. The Bertz CT molecular complexity index is 945. The largest absolute Gasteiger partial charge is 0.394 e. The molecule has 0 aliphatic carbocycles. The minimum Gasteiger partial charge on any atom is -0.394 e. The van der Waals surface area contributed by atoms with Crippen molar-refractivity contribution in [3.05, 3.63) is 0 Å². The third kappa shape index (κ3) is 13.2. The van der Waals surface area contributed by atoms with Crippen LogP contribution in [0.2, 0.25) is 0 Å². The third-order valence-corrected chi connectivity index (χ3v) is 7.00. The number of aliphatic hydroxyl groups excluding tert-OH is 16. The molecule has 0 amide bonds. The van der Waals surface area contributed by atoms with Crippen LogP contribution in [0.25, 0.3) is 0 Å². The van der Waals surface area contributed by atoms with Gasteiger partial charge in [0.2, 0.25) is 0 Å². The van der Waals surface area contributed by atoms with E-state index in [0.29, 0.717) is 0 Å². The van der Waals surface area contributed by atoms with Crippen LogP contribution in [0, 0.1) is 0 Å². The molecule has 0 aromatic heterocycles. The summed E-state index contributed by atoms with van der Waals surface area (Å²) in [7, 11) is 0. The lowest BCUT2D eigenvalue weighted by molar-refractivity contribution is -0.341. The van der Waals surface area contributed by atoms with E-state index >= 15 is 0 Å². The predicted molar refractivity (Wildman–Crippen MR) is 139 cm³/mol. The fourth-order valence-corrected chi connectivity index (χ4v) is 4.25. The van der Waals surface area contributed by atoms with E-state index in [1.54, 1.807) is 0 Å². The molecule has 25 nitrogen and oxygen atoms in total. The first-order chi connectivity index (χ1) is 23.0. The molecule has 0 spiro atoms.